The Bertz CT molecular complexity index is 677. The molecule has 2 rings (SSSR count). The third kappa shape index (κ3) is 6.78. The van der Waals surface area contributed by atoms with E-state index in [1.807, 2.05) is 6.07 Å². The van der Waals surface area contributed by atoms with Gasteiger partial charge < -0.3 is 25.3 Å². The first-order valence-electron chi connectivity index (χ1n) is 9.75. The minimum Gasteiger partial charge on any atom is -0.493 e. The minimum atomic E-state index is -0.516. The molecule has 3 N–H and O–H groups in total. The largest absolute Gasteiger partial charge is 0.493 e. The van der Waals surface area contributed by atoms with Crippen LogP contribution >= 0.6 is 12.4 Å². The maximum absolute atomic E-state index is 12.8. The number of rotatable bonds is 9. The maximum atomic E-state index is 12.8. The van der Waals surface area contributed by atoms with Crippen molar-refractivity contribution >= 4 is 24.3 Å². The van der Waals surface area contributed by atoms with E-state index in [9.17, 15) is 9.59 Å². The third-order valence-electron chi connectivity index (χ3n) is 5.63. The summed E-state index contributed by atoms with van der Waals surface area (Å²) in [7, 11) is 4.44. The average molecular weight is 429 g/mol. The van der Waals surface area contributed by atoms with Gasteiger partial charge in [0.25, 0.3) is 0 Å². The van der Waals surface area contributed by atoms with Crippen LogP contribution in [0.4, 0.5) is 0 Å². The number of halogens is 1. The number of amides is 1. The van der Waals surface area contributed by atoms with E-state index in [1.165, 1.54) is 13.5 Å². The van der Waals surface area contributed by atoms with Gasteiger partial charge in [0.2, 0.25) is 5.91 Å². The van der Waals surface area contributed by atoms with Crippen molar-refractivity contribution in [2.45, 2.75) is 51.0 Å². The van der Waals surface area contributed by atoms with Crippen molar-refractivity contribution < 1.29 is 23.8 Å². The Balaban J connectivity index is 0.00000420. The molecular formula is C21H33ClN2O5. The van der Waals surface area contributed by atoms with Crippen LogP contribution in [0.25, 0.3) is 0 Å². The molecule has 1 amide bonds. The van der Waals surface area contributed by atoms with Crippen molar-refractivity contribution in [3.8, 4) is 11.5 Å². The Morgan fingerprint density at radius 1 is 1.10 bits per heavy atom. The summed E-state index contributed by atoms with van der Waals surface area (Å²) >= 11 is 0. The normalized spacial score (nSPS) is 16.1. The molecule has 0 aliphatic heterocycles. The summed E-state index contributed by atoms with van der Waals surface area (Å²) in [6, 6.07) is 4.83. The van der Waals surface area contributed by atoms with E-state index in [1.54, 1.807) is 26.4 Å². The summed E-state index contributed by atoms with van der Waals surface area (Å²) in [6.07, 6.45) is 5.74. The lowest BCUT2D eigenvalue weighted by atomic mass is 9.71. The molecule has 0 heterocycles. The van der Waals surface area contributed by atoms with Crippen LogP contribution in [0.15, 0.2) is 18.2 Å². The van der Waals surface area contributed by atoms with E-state index in [0.717, 1.165) is 31.2 Å². The van der Waals surface area contributed by atoms with Gasteiger partial charge in [-0.25, -0.2) is 0 Å². The number of carbonyl (C=O) groups excluding carboxylic acids is 2. The number of carbonyl (C=O) groups is 2. The minimum absolute atomic E-state index is 0. The molecule has 0 saturated heterocycles. The number of hydrogen-bond acceptors (Lipinski definition) is 6. The Kier molecular flexibility index (Phi) is 10.3. The van der Waals surface area contributed by atoms with Crippen LogP contribution in [-0.2, 0) is 14.3 Å². The highest BCUT2D eigenvalue weighted by Gasteiger charge is 2.34. The van der Waals surface area contributed by atoms with Gasteiger partial charge in [0.05, 0.1) is 33.8 Å². The molecule has 1 fully saturated rings. The summed E-state index contributed by atoms with van der Waals surface area (Å²) in [5.74, 6) is 0.621. The summed E-state index contributed by atoms with van der Waals surface area (Å²) in [4.78, 5) is 24.7. The number of esters is 1. The van der Waals surface area contributed by atoms with Gasteiger partial charge in [-0.1, -0.05) is 25.3 Å². The first kappa shape index (κ1) is 25.0. The molecule has 29 heavy (non-hydrogen) atoms. The van der Waals surface area contributed by atoms with Crippen LogP contribution in [0, 0.1) is 5.41 Å². The average Bonchev–Trinajstić information content (AvgIpc) is 2.73. The molecule has 1 unspecified atom stereocenters. The molecule has 0 spiro atoms. The van der Waals surface area contributed by atoms with Crippen LogP contribution < -0.4 is 20.5 Å². The van der Waals surface area contributed by atoms with Gasteiger partial charge >= 0.3 is 5.97 Å². The summed E-state index contributed by atoms with van der Waals surface area (Å²) in [6.45, 7) is 0.498. The predicted octanol–water partition coefficient (Wildman–Crippen LogP) is 3.15. The van der Waals surface area contributed by atoms with Crippen molar-refractivity contribution in [2.75, 3.05) is 27.9 Å². The van der Waals surface area contributed by atoms with Crippen LogP contribution in [0.3, 0.4) is 0 Å². The van der Waals surface area contributed by atoms with E-state index in [0.29, 0.717) is 24.5 Å². The maximum Gasteiger partial charge on any atom is 0.307 e. The Morgan fingerprint density at radius 2 is 1.76 bits per heavy atom. The second kappa shape index (κ2) is 11.9. The molecule has 0 radical (unpaired) electrons. The number of ether oxygens (including phenoxy) is 3. The fourth-order valence-corrected chi connectivity index (χ4v) is 3.91. The van der Waals surface area contributed by atoms with Gasteiger partial charge in [0.15, 0.2) is 11.5 Å². The van der Waals surface area contributed by atoms with Crippen molar-refractivity contribution in [3.63, 3.8) is 0 Å². The summed E-state index contributed by atoms with van der Waals surface area (Å²) < 4.78 is 15.4. The molecule has 1 saturated carbocycles. The number of benzene rings is 1. The highest BCUT2D eigenvalue weighted by molar-refractivity contribution is 5.85. The van der Waals surface area contributed by atoms with Crippen molar-refractivity contribution in [1.82, 2.24) is 5.32 Å². The number of hydrogen-bond donors (Lipinski definition) is 2. The Hall–Kier alpha value is -1.99. The second-order valence-electron chi connectivity index (χ2n) is 7.46. The quantitative estimate of drug-likeness (QED) is 0.586. The zero-order valence-electron chi connectivity index (χ0n) is 17.5. The van der Waals surface area contributed by atoms with E-state index >= 15 is 0 Å². The van der Waals surface area contributed by atoms with Gasteiger partial charge in [-0.3, -0.25) is 9.59 Å². The van der Waals surface area contributed by atoms with Crippen LogP contribution in [0.1, 0.15) is 56.6 Å². The molecule has 0 aromatic heterocycles. The lowest BCUT2D eigenvalue weighted by Crippen LogP contribution is -2.40. The standard InChI is InChI=1S/C21H32N2O5.ClH/c1-26-17-8-7-15(11-18(17)27-2)16(12-20(25)28-3)23-19(24)13-21(14-22)9-5-4-6-10-21;/h7-8,11,16H,4-6,9-10,12-14,22H2,1-3H3,(H,23,24);1H. The van der Waals surface area contributed by atoms with Gasteiger partial charge in [0.1, 0.15) is 0 Å². The topological polar surface area (TPSA) is 99.9 Å². The summed E-state index contributed by atoms with van der Waals surface area (Å²) in [5, 5.41) is 3.00. The van der Waals surface area contributed by atoms with Gasteiger partial charge in [-0.15, -0.1) is 12.4 Å². The van der Waals surface area contributed by atoms with Gasteiger partial charge in [0, 0.05) is 6.42 Å². The molecule has 164 valence electrons. The van der Waals surface area contributed by atoms with Gasteiger partial charge in [-0.2, -0.15) is 0 Å². The fourth-order valence-electron chi connectivity index (χ4n) is 3.91. The van der Waals surface area contributed by atoms with E-state index < -0.39 is 12.0 Å². The van der Waals surface area contributed by atoms with Gasteiger partial charge in [-0.05, 0) is 42.5 Å². The highest BCUT2D eigenvalue weighted by Crippen LogP contribution is 2.38. The first-order chi connectivity index (χ1) is 13.5. The second-order valence-corrected chi connectivity index (χ2v) is 7.46. The van der Waals surface area contributed by atoms with E-state index in [4.69, 9.17) is 19.9 Å². The molecule has 1 aromatic rings. The Morgan fingerprint density at radius 3 is 2.31 bits per heavy atom. The molecule has 1 atom stereocenters. The number of nitrogens with one attached hydrogen (secondary N) is 1. The summed E-state index contributed by atoms with van der Waals surface area (Å²) in [5.41, 5.74) is 6.62. The van der Waals surface area contributed by atoms with Crippen molar-refractivity contribution in [2.24, 2.45) is 11.1 Å². The smallest absolute Gasteiger partial charge is 0.307 e. The first-order valence-corrected chi connectivity index (χ1v) is 9.75. The number of nitrogens with two attached hydrogens (primary N) is 1. The van der Waals surface area contributed by atoms with E-state index in [2.05, 4.69) is 5.32 Å². The zero-order chi connectivity index (χ0) is 20.6. The monoisotopic (exact) mass is 428 g/mol. The van der Waals surface area contributed by atoms with Crippen LogP contribution in [0.2, 0.25) is 0 Å². The Labute approximate surface area is 179 Å². The molecule has 8 heteroatoms. The molecule has 0 bridgehead atoms. The number of methoxy groups -OCH3 is 3. The molecule has 1 aliphatic rings. The van der Waals surface area contributed by atoms with Crippen molar-refractivity contribution in [3.05, 3.63) is 23.8 Å². The highest BCUT2D eigenvalue weighted by atomic mass is 35.5. The van der Waals surface area contributed by atoms with E-state index in [-0.39, 0.29) is 30.2 Å². The molecule has 7 nitrogen and oxygen atoms in total. The third-order valence-corrected chi connectivity index (χ3v) is 5.63. The SMILES string of the molecule is COC(=O)CC(NC(=O)CC1(CN)CCCCC1)c1ccc(OC)c(OC)c1.Cl. The molecular weight excluding hydrogens is 396 g/mol. The fraction of sp³-hybridized carbons (Fsp3) is 0.619. The van der Waals surface area contributed by atoms with Crippen molar-refractivity contribution in [1.29, 1.82) is 0 Å². The van der Waals surface area contributed by atoms with Crippen LogP contribution in [0.5, 0.6) is 11.5 Å². The predicted molar refractivity (Wildman–Crippen MR) is 114 cm³/mol. The lowest BCUT2D eigenvalue weighted by Gasteiger charge is -2.36. The lowest BCUT2D eigenvalue weighted by molar-refractivity contribution is -0.141. The molecule has 1 aliphatic carbocycles. The zero-order valence-corrected chi connectivity index (χ0v) is 18.3. The molecule has 1 aromatic carbocycles. The van der Waals surface area contributed by atoms with Crippen LogP contribution in [-0.4, -0.2) is 39.8 Å².